The summed E-state index contributed by atoms with van der Waals surface area (Å²) in [6.07, 6.45) is 1.46. The number of hydrogen-bond acceptors (Lipinski definition) is 4. The van der Waals surface area contributed by atoms with Crippen molar-refractivity contribution in [3.05, 3.63) is 72.1 Å². The third-order valence-corrected chi connectivity index (χ3v) is 5.77. The largest absolute Gasteiger partial charge is 0.491 e. The Morgan fingerprint density at radius 3 is 2.87 bits per heavy atom. The Kier molecular flexibility index (Phi) is 6.09. The molecule has 2 aromatic carbocycles. The maximum Gasteiger partial charge on any atom is 0.223 e. The van der Waals surface area contributed by atoms with E-state index in [9.17, 15) is 9.90 Å². The Balaban J connectivity index is 1.54. The molecule has 1 aromatic heterocycles. The first kappa shape index (κ1) is 21.1. The van der Waals surface area contributed by atoms with Crippen LogP contribution < -0.4 is 4.74 Å². The van der Waals surface area contributed by atoms with Gasteiger partial charge in [0.2, 0.25) is 5.91 Å². The number of imidazole rings is 1. The minimum atomic E-state index is -0.710. The molecule has 0 aliphatic carbocycles. The van der Waals surface area contributed by atoms with E-state index in [-0.39, 0.29) is 18.4 Å². The van der Waals surface area contributed by atoms with Crippen molar-refractivity contribution in [3.63, 3.8) is 0 Å². The lowest BCUT2D eigenvalue weighted by molar-refractivity contribution is -0.127. The monoisotopic (exact) mass is 419 g/mol. The molecule has 1 saturated heterocycles. The summed E-state index contributed by atoms with van der Waals surface area (Å²) in [6.45, 7) is 9.48. The molecule has 1 aliphatic heterocycles. The standard InChI is InChI=1S/C25H29N3O3/c1-4-11-27-14-19(13-24(27)30)25-26-21-7-5-6-8-22(21)28(25)15-20(29)16-31-23-10-9-17(2)12-18(23)3/h4-10,12,19-20,29H,1,11,13-16H2,2-3H3. The second kappa shape index (κ2) is 8.94. The number of fused-ring (bicyclic) bond motifs is 1. The van der Waals surface area contributed by atoms with Gasteiger partial charge in [-0.05, 0) is 37.6 Å². The predicted octanol–water partition coefficient (Wildman–Crippen LogP) is 3.59. The number of likely N-dealkylation sites (tertiary alicyclic amines) is 1. The molecule has 0 radical (unpaired) electrons. The number of nitrogens with zero attached hydrogens (tertiary/aromatic N) is 3. The Morgan fingerprint density at radius 2 is 2.10 bits per heavy atom. The summed E-state index contributed by atoms with van der Waals surface area (Å²) in [4.78, 5) is 19.0. The maximum absolute atomic E-state index is 12.4. The number of rotatable bonds is 8. The van der Waals surface area contributed by atoms with Crippen molar-refractivity contribution in [2.24, 2.45) is 0 Å². The van der Waals surface area contributed by atoms with Crippen molar-refractivity contribution >= 4 is 16.9 Å². The first-order valence-electron chi connectivity index (χ1n) is 10.7. The highest BCUT2D eigenvalue weighted by molar-refractivity contribution is 5.81. The summed E-state index contributed by atoms with van der Waals surface area (Å²) in [7, 11) is 0. The number of para-hydroxylation sites is 2. The molecule has 1 amide bonds. The van der Waals surface area contributed by atoms with Gasteiger partial charge in [0, 0.05) is 25.4 Å². The molecule has 0 spiro atoms. The van der Waals surface area contributed by atoms with Crippen LogP contribution in [0.1, 0.15) is 29.3 Å². The first-order chi connectivity index (χ1) is 15.0. The molecule has 1 N–H and O–H groups in total. The van der Waals surface area contributed by atoms with Crippen molar-refractivity contribution in [3.8, 4) is 5.75 Å². The molecule has 2 heterocycles. The fourth-order valence-electron chi connectivity index (χ4n) is 4.29. The quantitative estimate of drug-likeness (QED) is 0.567. The molecule has 6 nitrogen and oxygen atoms in total. The second-order valence-corrected chi connectivity index (χ2v) is 8.29. The number of carbonyl (C=O) groups is 1. The van der Waals surface area contributed by atoms with Crippen LogP contribution in [0.2, 0.25) is 0 Å². The highest BCUT2D eigenvalue weighted by Gasteiger charge is 2.33. The van der Waals surface area contributed by atoms with Gasteiger partial charge in [-0.1, -0.05) is 35.9 Å². The Labute approximate surface area is 182 Å². The van der Waals surface area contributed by atoms with Gasteiger partial charge in [-0.3, -0.25) is 4.79 Å². The lowest BCUT2D eigenvalue weighted by Crippen LogP contribution is -2.26. The molecule has 31 heavy (non-hydrogen) atoms. The molecular weight excluding hydrogens is 390 g/mol. The van der Waals surface area contributed by atoms with Crippen molar-refractivity contribution < 1.29 is 14.6 Å². The van der Waals surface area contributed by atoms with Crippen LogP contribution in [0.5, 0.6) is 5.75 Å². The van der Waals surface area contributed by atoms with Gasteiger partial charge in [0.25, 0.3) is 0 Å². The summed E-state index contributed by atoms with van der Waals surface area (Å²) < 4.78 is 7.93. The van der Waals surface area contributed by atoms with Crippen LogP contribution in [0.15, 0.2) is 55.1 Å². The number of aryl methyl sites for hydroxylation is 2. The molecule has 162 valence electrons. The van der Waals surface area contributed by atoms with Gasteiger partial charge in [0.05, 0.1) is 17.6 Å². The van der Waals surface area contributed by atoms with E-state index in [1.165, 1.54) is 5.56 Å². The highest BCUT2D eigenvalue weighted by atomic mass is 16.5. The number of hydrogen-bond donors (Lipinski definition) is 1. The summed E-state index contributed by atoms with van der Waals surface area (Å²) in [6, 6.07) is 13.9. The number of carbonyl (C=O) groups excluding carboxylic acids is 1. The van der Waals surface area contributed by atoms with E-state index < -0.39 is 6.10 Å². The predicted molar refractivity (Wildman–Crippen MR) is 121 cm³/mol. The van der Waals surface area contributed by atoms with Gasteiger partial charge in [-0.25, -0.2) is 4.98 Å². The van der Waals surface area contributed by atoms with E-state index in [0.717, 1.165) is 28.2 Å². The fourth-order valence-corrected chi connectivity index (χ4v) is 4.29. The number of amides is 1. The number of aliphatic hydroxyl groups excluding tert-OH is 1. The van der Waals surface area contributed by atoms with Gasteiger partial charge >= 0.3 is 0 Å². The van der Waals surface area contributed by atoms with Crippen LogP contribution in [0.3, 0.4) is 0 Å². The normalized spacial score (nSPS) is 17.3. The third-order valence-electron chi connectivity index (χ3n) is 5.77. The molecule has 1 aliphatic rings. The van der Waals surface area contributed by atoms with Crippen LogP contribution in [0, 0.1) is 13.8 Å². The smallest absolute Gasteiger partial charge is 0.223 e. The van der Waals surface area contributed by atoms with E-state index in [4.69, 9.17) is 9.72 Å². The van der Waals surface area contributed by atoms with E-state index in [0.29, 0.717) is 26.1 Å². The molecule has 4 rings (SSSR count). The van der Waals surface area contributed by atoms with Crippen LogP contribution in [-0.2, 0) is 11.3 Å². The number of aromatic nitrogens is 2. The number of ether oxygens (including phenoxy) is 1. The molecule has 2 atom stereocenters. The molecule has 2 unspecified atom stereocenters. The van der Waals surface area contributed by atoms with Gasteiger partial charge in [0.1, 0.15) is 24.3 Å². The minimum absolute atomic E-state index is 0.00712. The maximum atomic E-state index is 12.4. The summed E-state index contributed by atoms with van der Waals surface area (Å²) in [5.74, 6) is 1.73. The third kappa shape index (κ3) is 4.49. The molecule has 0 saturated carbocycles. The van der Waals surface area contributed by atoms with Gasteiger partial charge < -0.3 is 19.3 Å². The molecule has 1 fully saturated rings. The van der Waals surface area contributed by atoms with Crippen LogP contribution in [0.4, 0.5) is 0 Å². The van der Waals surface area contributed by atoms with Crippen molar-refractivity contribution in [2.45, 2.75) is 38.8 Å². The van der Waals surface area contributed by atoms with Crippen molar-refractivity contribution in [2.75, 3.05) is 19.7 Å². The second-order valence-electron chi connectivity index (χ2n) is 8.29. The summed E-state index contributed by atoms with van der Waals surface area (Å²) in [5, 5.41) is 10.8. The zero-order valence-electron chi connectivity index (χ0n) is 18.1. The van der Waals surface area contributed by atoms with E-state index >= 15 is 0 Å². The summed E-state index contributed by atoms with van der Waals surface area (Å²) >= 11 is 0. The van der Waals surface area contributed by atoms with E-state index in [1.54, 1.807) is 11.0 Å². The average molecular weight is 420 g/mol. The van der Waals surface area contributed by atoms with Gasteiger partial charge in [-0.15, -0.1) is 6.58 Å². The molecule has 6 heteroatoms. The molecule has 3 aromatic rings. The minimum Gasteiger partial charge on any atom is -0.491 e. The van der Waals surface area contributed by atoms with Crippen molar-refractivity contribution in [1.29, 1.82) is 0 Å². The van der Waals surface area contributed by atoms with Gasteiger partial charge in [0.15, 0.2) is 0 Å². The SMILES string of the molecule is C=CCN1CC(c2nc3ccccc3n2CC(O)COc2ccc(C)cc2C)CC1=O. The Morgan fingerprint density at radius 1 is 1.29 bits per heavy atom. The highest BCUT2D eigenvalue weighted by Crippen LogP contribution is 2.30. The van der Waals surface area contributed by atoms with Crippen LogP contribution in [-0.4, -0.2) is 51.3 Å². The number of aliphatic hydroxyl groups is 1. The van der Waals surface area contributed by atoms with E-state index in [2.05, 4.69) is 12.6 Å². The lowest BCUT2D eigenvalue weighted by atomic mass is 10.1. The topological polar surface area (TPSA) is 67.6 Å². The first-order valence-corrected chi connectivity index (χ1v) is 10.7. The van der Waals surface area contributed by atoms with Gasteiger partial charge in [-0.2, -0.15) is 0 Å². The van der Waals surface area contributed by atoms with Crippen LogP contribution in [0.25, 0.3) is 11.0 Å². The van der Waals surface area contributed by atoms with E-state index in [1.807, 2.05) is 54.8 Å². The van der Waals surface area contributed by atoms with Crippen LogP contribution >= 0.6 is 0 Å². The Hall–Kier alpha value is -3.12. The van der Waals surface area contributed by atoms with Crippen molar-refractivity contribution in [1.82, 2.24) is 14.5 Å². The zero-order chi connectivity index (χ0) is 22.0. The molecular formula is C25H29N3O3. The lowest BCUT2D eigenvalue weighted by Gasteiger charge is -2.19. The fraction of sp³-hybridized carbons (Fsp3) is 0.360. The zero-order valence-corrected chi connectivity index (χ0v) is 18.1. The molecule has 0 bridgehead atoms. The average Bonchev–Trinajstić information content (AvgIpc) is 3.28. The number of benzene rings is 2. The Bertz CT molecular complexity index is 1100. The summed E-state index contributed by atoms with van der Waals surface area (Å²) in [5.41, 5.74) is 4.05.